The summed E-state index contributed by atoms with van der Waals surface area (Å²) in [6.07, 6.45) is 7.32. The lowest BCUT2D eigenvalue weighted by Crippen LogP contribution is -2.10. The first-order valence-corrected chi connectivity index (χ1v) is 10.1. The molecule has 3 nitrogen and oxygen atoms in total. The Morgan fingerprint density at radius 3 is 2.14 bits per heavy atom. The zero-order valence-electron chi connectivity index (χ0n) is 18.8. The van der Waals surface area contributed by atoms with Crippen LogP contribution in [0.15, 0.2) is 71.7 Å². The molecule has 3 heteroatoms. The predicted octanol–water partition coefficient (Wildman–Crippen LogP) is 8.06. The van der Waals surface area contributed by atoms with E-state index >= 15 is 0 Å². The quantitative estimate of drug-likeness (QED) is 0.530. The van der Waals surface area contributed by atoms with Gasteiger partial charge in [0.1, 0.15) is 5.76 Å². The van der Waals surface area contributed by atoms with Crippen molar-refractivity contribution < 1.29 is 9.21 Å². The molecule has 1 N–H and O–H groups in total. The van der Waals surface area contributed by atoms with Crippen molar-refractivity contribution >= 4 is 17.2 Å². The van der Waals surface area contributed by atoms with Crippen molar-refractivity contribution in [1.82, 2.24) is 0 Å². The summed E-state index contributed by atoms with van der Waals surface area (Å²) >= 11 is 0. The first-order valence-electron chi connectivity index (χ1n) is 10.1. The van der Waals surface area contributed by atoms with Gasteiger partial charge in [0.25, 0.3) is 5.91 Å². The molecule has 0 saturated heterocycles. The van der Waals surface area contributed by atoms with Gasteiger partial charge in [0.05, 0.1) is 0 Å². The number of carbonyl (C=O) groups is 1. The fourth-order valence-electron chi connectivity index (χ4n) is 2.02. The summed E-state index contributed by atoms with van der Waals surface area (Å²) in [5, 5.41) is 2.83. The Balaban J connectivity index is 0. The molecule has 2 rings (SSSR count). The molecule has 2 aromatic rings. The van der Waals surface area contributed by atoms with Gasteiger partial charge in [-0.15, -0.1) is 0 Å². The number of allylic oxidation sites excluding steroid dienone is 5. The van der Waals surface area contributed by atoms with E-state index in [1.807, 2.05) is 97.9 Å². The number of furan rings is 1. The van der Waals surface area contributed by atoms with Crippen molar-refractivity contribution in [2.24, 2.45) is 0 Å². The van der Waals surface area contributed by atoms with E-state index in [1.54, 1.807) is 18.2 Å². The third-order valence-electron chi connectivity index (χ3n) is 3.11. The lowest BCUT2D eigenvalue weighted by atomic mass is 10.2. The molecule has 154 valence electrons. The molecule has 0 unspecified atom stereocenters. The number of nitrogens with one attached hydrogen (secondary N) is 1. The summed E-state index contributed by atoms with van der Waals surface area (Å²) in [5.74, 6) is 0.665. The van der Waals surface area contributed by atoms with Crippen LogP contribution in [0.4, 0.5) is 5.69 Å². The summed E-state index contributed by atoms with van der Waals surface area (Å²) < 4.78 is 5.63. The molecule has 0 bridgehead atoms. The van der Waals surface area contributed by atoms with Crippen LogP contribution >= 0.6 is 0 Å². The van der Waals surface area contributed by atoms with Crippen molar-refractivity contribution in [3.8, 4) is 0 Å². The van der Waals surface area contributed by atoms with E-state index in [0.717, 1.165) is 16.8 Å². The molecule has 0 fully saturated rings. The second kappa shape index (κ2) is 17.6. The van der Waals surface area contributed by atoms with Gasteiger partial charge in [0.15, 0.2) is 5.76 Å². The lowest BCUT2D eigenvalue weighted by Gasteiger charge is -2.04. The maximum atomic E-state index is 12.2. The van der Waals surface area contributed by atoms with Gasteiger partial charge in [-0.1, -0.05) is 84.6 Å². The molecule has 0 spiro atoms. The van der Waals surface area contributed by atoms with Gasteiger partial charge >= 0.3 is 0 Å². The van der Waals surface area contributed by atoms with E-state index in [-0.39, 0.29) is 11.7 Å². The van der Waals surface area contributed by atoms with Crippen LogP contribution in [-0.4, -0.2) is 5.91 Å². The third kappa shape index (κ3) is 9.77. The largest absolute Gasteiger partial charge is 0.451 e. The Bertz CT molecular complexity index is 737. The highest BCUT2D eigenvalue weighted by atomic mass is 16.3. The van der Waals surface area contributed by atoms with Crippen molar-refractivity contribution in [1.29, 1.82) is 0 Å². The molecule has 1 aromatic heterocycles. The topological polar surface area (TPSA) is 42.2 Å². The number of amides is 1. The fourth-order valence-corrected chi connectivity index (χ4v) is 2.02. The third-order valence-corrected chi connectivity index (χ3v) is 3.11. The second-order valence-electron chi connectivity index (χ2n) is 4.83. The molecule has 0 aliphatic rings. The molecule has 1 heterocycles. The van der Waals surface area contributed by atoms with Crippen LogP contribution in [0, 0.1) is 6.92 Å². The first-order chi connectivity index (χ1) is 13.6. The average molecular weight is 384 g/mol. The Hall–Kier alpha value is -2.81. The molecular formula is C25H37NO2. The normalized spacial score (nSPS) is 9.79. The summed E-state index contributed by atoms with van der Waals surface area (Å²) in [6.45, 7) is 19.5. The molecule has 0 aliphatic heterocycles. The zero-order chi connectivity index (χ0) is 21.9. The highest BCUT2D eigenvalue weighted by Crippen LogP contribution is 2.20. The van der Waals surface area contributed by atoms with Crippen LogP contribution in [0.2, 0.25) is 0 Å². The van der Waals surface area contributed by atoms with Gasteiger partial charge in [-0.25, -0.2) is 0 Å². The summed E-state index contributed by atoms with van der Waals surface area (Å²) in [7, 11) is 0. The molecule has 0 atom stereocenters. The van der Waals surface area contributed by atoms with E-state index in [4.69, 9.17) is 4.42 Å². The minimum absolute atomic E-state index is 0.264. The summed E-state index contributed by atoms with van der Waals surface area (Å²) in [6, 6.07) is 11.1. The minimum atomic E-state index is -0.264. The highest BCUT2D eigenvalue weighted by Gasteiger charge is 2.12. The molecular weight excluding hydrogens is 346 g/mol. The highest BCUT2D eigenvalue weighted by molar-refractivity contribution is 6.02. The van der Waals surface area contributed by atoms with E-state index in [1.165, 1.54) is 0 Å². The van der Waals surface area contributed by atoms with Gasteiger partial charge in [-0.3, -0.25) is 4.79 Å². The SMILES string of the molecule is C=C/C=C\C(=C/C)c1ccc(C(=O)Nc2cccc(C)c2)o1.CC.CC.CC. The first kappa shape index (κ1) is 27.4. The van der Waals surface area contributed by atoms with E-state index < -0.39 is 0 Å². The van der Waals surface area contributed by atoms with Gasteiger partial charge in [0.2, 0.25) is 0 Å². The number of anilines is 1. The minimum Gasteiger partial charge on any atom is -0.451 e. The van der Waals surface area contributed by atoms with Crippen molar-refractivity contribution in [2.75, 3.05) is 5.32 Å². The molecule has 1 amide bonds. The van der Waals surface area contributed by atoms with Gasteiger partial charge in [-0.2, -0.15) is 0 Å². The Labute approximate surface area is 171 Å². The second-order valence-corrected chi connectivity index (χ2v) is 4.83. The molecule has 1 aromatic carbocycles. The number of hydrogen-bond acceptors (Lipinski definition) is 2. The molecule has 28 heavy (non-hydrogen) atoms. The van der Waals surface area contributed by atoms with Crippen molar-refractivity contribution in [3.63, 3.8) is 0 Å². The van der Waals surface area contributed by atoms with Crippen LogP contribution in [0.3, 0.4) is 0 Å². The maximum absolute atomic E-state index is 12.2. The smallest absolute Gasteiger partial charge is 0.291 e. The Kier molecular flexibility index (Phi) is 17.2. The van der Waals surface area contributed by atoms with Crippen molar-refractivity contribution in [2.45, 2.75) is 55.4 Å². The summed E-state index contributed by atoms with van der Waals surface area (Å²) in [5.41, 5.74) is 2.74. The van der Waals surface area contributed by atoms with Crippen LogP contribution < -0.4 is 5.32 Å². The van der Waals surface area contributed by atoms with E-state index in [0.29, 0.717) is 5.76 Å². The summed E-state index contributed by atoms with van der Waals surface area (Å²) in [4.78, 5) is 12.2. The molecule has 0 radical (unpaired) electrons. The fraction of sp³-hybridized carbons (Fsp3) is 0.320. The zero-order valence-corrected chi connectivity index (χ0v) is 18.8. The monoisotopic (exact) mass is 383 g/mol. The Morgan fingerprint density at radius 1 is 1.00 bits per heavy atom. The van der Waals surface area contributed by atoms with E-state index in [2.05, 4.69) is 11.9 Å². The number of hydrogen-bond donors (Lipinski definition) is 1. The number of carbonyl (C=O) groups excluding carboxylic acids is 1. The van der Waals surface area contributed by atoms with Gasteiger partial charge < -0.3 is 9.73 Å². The Morgan fingerprint density at radius 2 is 1.61 bits per heavy atom. The maximum Gasteiger partial charge on any atom is 0.291 e. The number of rotatable bonds is 5. The molecule has 0 aliphatic carbocycles. The van der Waals surface area contributed by atoms with Crippen LogP contribution in [0.25, 0.3) is 5.57 Å². The average Bonchev–Trinajstić information content (AvgIpc) is 3.23. The van der Waals surface area contributed by atoms with Crippen LogP contribution in [0.1, 0.15) is 70.3 Å². The standard InChI is InChI=1S/C19H19NO2.3C2H6/c1-4-6-9-15(5-2)17-11-12-18(22-17)19(21)20-16-10-7-8-14(3)13-16;3*1-2/h4-13H,1H2,2-3H3,(H,20,21);3*1-2H3/b9-6-,15-5+;;;. The van der Waals surface area contributed by atoms with Gasteiger partial charge in [0, 0.05) is 11.3 Å². The number of aryl methyl sites for hydroxylation is 1. The predicted molar refractivity (Wildman–Crippen MR) is 125 cm³/mol. The van der Waals surface area contributed by atoms with E-state index in [9.17, 15) is 4.79 Å². The van der Waals surface area contributed by atoms with Gasteiger partial charge in [-0.05, 0) is 43.7 Å². The van der Waals surface area contributed by atoms with Crippen molar-refractivity contribution in [3.05, 3.63) is 84.4 Å². The lowest BCUT2D eigenvalue weighted by molar-refractivity contribution is 0.0996. The van der Waals surface area contributed by atoms with Crippen LogP contribution in [0.5, 0.6) is 0 Å². The molecule has 0 saturated carbocycles. The number of benzene rings is 1. The van der Waals surface area contributed by atoms with Crippen LogP contribution in [-0.2, 0) is 0 Å².